The minimum absolute atomic E-state index is 0.0506. The summed E-state index contributed by atoms with van der Waals surface area (Å²) >= 11 is 0. The molecule has 0 fully saturated rings. The number of alkyl halides is 3. The smallest absolute Gasteiger partial charge is 0.431 e. The van der Waals surface area contributed by atoms with Crippen LogP contribution in [0.4, 0.5) is 13.2 Å². The lowest BCUT2D eigenvalue weighted by Crippen LogP contribution is -2.42. The van der Waals surface area contributed by atoms with Crippen LogP contribution < -0.4 is 10.1 Å². The van der Waals surface area contributed by atoms with E-state index in [1.807, 2.05) is 42.6 Å². The first-order valence-corrected chi connectivity index (χ1v) is 13.3. The van der Waals surface area contributed by atoms with Crippen LogP contribution in [0.2, 0.25) is 0 Å². The monoisotopic (exact) mass is 578 g/mol. The number of halogens is 3. The Hall–Kier alpha value is -4.86. The molecule has 1 aromatic heterocycles. The Kier molecular flexibility index (Phi) is 9.80. The summed E-state index contributed by atoms with van der Waals surface area (Å²) in [5, 5.41) is 11.6. The fraction of sp³-hybridized carbons (Fsp3) is 0.219. The second-order valence-electron chi connectivity index (χ2n) is 9.38. The fourth-order valence-electron chi connectivity index (χ4n) is 4.19. The van der Waals surface area contributed by atoms with E-state index in [0.717, 1.165) is 17.0 Å². The van der Waals surface area contributed by atoms with Gasteiger partial charge in [0.05, 0.1) is 12.3 Å². The lowest BCUT2D eigenvalue weighted by atomic mass is 10.0. The normalized spacial score (nSPS) is 12.5. The number of nitrogens with one attached hydrogen (secondary N) is 1. The van der Waals surface area contributed by atoms with Gasteiger partial charge in [0.1, 0.15) is 23.2 Å². The summed E-state index contributed by atoms with van der Waals surface area (Å²) in [5.74, 6) is -0.562. The van der Waals surface area contributed by atoms with Gasteiger partial charge in [0.25, 0.3) is 0 Å². The summed E-state index contributed by atoms with van der Waals surface area (Å²) in [5.41, 5.74) is 0.760. The molecule has 0 spiro atoms. The van der Waals surface area contributed by atoms with Gasteiger partial charge in [0.2, 0.25) is 5.89 Å². The highest BCUT2D eigenvalue weighted by atomic mass is 19.4. The Bertz CT molecular complexity index is 1520. The number of nitrogens with zero attached hydrogens (tertiary/aromatic N) is 1. The van der Waals surface area contributed by atoms with Crippen LogP contribution in [0, 0.1) is 0 Å². The van der Waals surface area contributed by atoms with Crippen LogP contribution >= 0.6 is 0 Å². The number of aliphatic carboxylic acids is 1. The van der Waals surface area contributed by atoms with Gasteiger partial charge in [-0.3, -0.25) is 4.79 Å². The van der Waals surface area contributed by atoms with Crippen molar-refractivity contribution >= 4 is 11.8 Å². The number of hydrogen-bond donors (Lipinski definition) is 2. The molecule has 0 unspecified atom stereocenters. The third kappa shape index (κ3) is 8.09. The molecule has 0 saturated heterocycles. The van der Waals surface area contributed by atoms with Gasteiger partial charge in [-0.05, 0) is 29.8 Å². The van der Waals surface area contributed by atoms with Crippen LogP contribution in [0.15, 0.2) is 101 Å². The summed E-state index contributed by atoms with van der Waals surface area (Å²) in [6.07, 6.45) is -3.67. The van der Waals surface area contributed by atoms with Gasteiger partial charge in [0.15, 0.2) is 5.78 Å². The SMILES string of the molecule is CCc1oc(-c2ccccc2)nc1CCOc1ccc(C[C@H](N/C(=C\C(=O)c2ccccc2)C(F)(F)F)C(=O)O)cc1. The van der Waals surface area contributed by atoms with Crippen LogP contribution in [0.25, 0.3) is 11.5 Å². The van der Waals surface area contributed by atoms with Crippen molar-refractivity contribution in [3.05, 3.63) is 119 Å². The van der Waals surface area contributed by atoms with E-state index in [4.69, 9.17) is 9.15 Å². The zero-order valence-electron chi connectivity index (χ0n) is 22.7. The molecule has 10 heteroatoms. The van der Waals surface area contributed by atoms with Gasteiger partial charge in [-0.2, -0.15) is 13.2 Å². The van der Waals surface area contributed by atoms with Crippen molar-refractivity contribution in [1.29, 1.82) is 0 Å². The average molecular weight is 579 g/mol. The number of carbonyl (C=O) groups excluding carboxylic acids is 1. The Morgan fingerprint density at radius 1 is 1.00 bits per heavy atom. The quantitative estimate of drug-likeness (QED) is 0.139. The molecule has 4 aromatic rings. The maximum atomic E-state index is 13.7. The Morgan fingerprint density at radius 2 is 1.64 bits per heavy atom. The fourth-order valence-corrected chi connectivity index (χ4v) is 4.19. The number of carboxylic acids is 1. The van der Waals surface area contributed by atoms with Gasteiger partial charge in [-0.15, -0.1) is 0 Å². The first-order chi connectivity index (χ1) is 20.1. The number of aromatic nitrogens is 1. The zero-order chi connectivity index (χ0) is 30.1. The van der Waals surface area contributed by atoms with E-state index in [1.165, 1.54) is 24.3 Å². The van der Waals surface area contributed by atoms with Crippen molar-refractivity contribution in [3.8, 4) is 17.2 Å². The molecule has 7 nitrogen and oxygen atoms in total. The summed E-state index contributed by atoms with van der Waals surface area (Å²) in [6.45, 7) is 2.29. The third-order valence-corrected chi connectivity index (χ3v) is 6.36. The number of carbonyl (C=O) groups is 2. The second kappa shape index (κ2) is 13.7. The van der Waals surface area contributed by atoms with Crippen molar-refractivity contribution in [2.24, 2.45) is 0 Å². The van der Waals surface area contributed by atoms with E-state index in [1.54, 1.807) is 30.3 Å². The molecule has 4 rings (SSSR count). The van der Waals surface area contributed by atoms with Gasteiger partial charge in [-0.1, -0.05) is 67.6 Å². The number of ether oxygens (including phenoxy) is 1. The average Bonchev–Trinajstić information content (AvgIpc) is 3.40. The molecule has 218 valence electrons. The van der Waals surface area contributed by atoms with Crippen molar-refractivity contribution < 1.29 is 37.0 Å². The van der Waals surface area contributed by atoms with Gasteiger partial charge >= 0.3 is 12.1 Å². The molecule has 0 radical (unpaired) electrons. The van der Waals surface area contributed by atoms with Crippen molar-refractivity contribution in [2.75, 3.05) is 6.61 Å². The predicted octanol–water partition coefficient (Wildman–Crippen LogP) is 6.44. The maximum absolute atomic E-state index is 13.7. The highest BCUT2D eigenvalue weighted by Gasteiger charge is 2.37. The van der Waals surface area contributed by atoms with E-state index < -0.39 is 29.7 Å². The van der Waals surface area contributed by atoms with Crippen LogP contribution in [-0.2, 0) is 24.1 Å². The molecule has 3 aromatic carbocycles. The molecule has 0 amide bonds. The van der Waals surface area contributed by atoms with Gasteiger partial charge < -0.3 is 19.6 Å². The molecule has 0 aliphatic heterocycles. The van der Waals surface area contributed by atoms with Crippen LogP contribution in [0.5, 0.6) is 5.75 Å². The Morgan fingerprint density at radius 3 is 2.24 bits per heavy atom. The molecule has 1 heterocycles. The summed E-state index contributed by atoms with van der Waals surface area (Å²) in [6, 6.07) is 21.8. The number of oxazole rings is 1. The predicted molar refractivity (Wildman–Crippen MR) is 150 cm³/mol. The number of hydrogen-bond acceptors (Lipinski definition) is 6. The number of aryl methyl sites for hydroxylation is 1. The molecular formula is C32H29F3N2O5. The van der Waals surface area contributed by atoms with E-state index in [-0.39, 0.29) is 12.0 Å². The van der Waals surface area contributed by atoms with E-state index >= 15 is 0 Å². The molecule has 2 N–H and O–H groups in total. The number of benzene rings is 3. The standard InChI is InChI=1S/C32H29F3N2O5/c1-2-28-25(37-30(42-28)23-11-7-4-8-12-23)17-18-41-24-15-13-21(14-16-24)19-26(31(39)40)36-29(32(33,34)35)20-27(38)22-9-5-3-6-10-22/h3-16,20,26,36H,2,17-19H2,1H3,(H,39,40)/b29-20-/t26-/m0/s1. The van der Waals surface area contributed by atoms with Crippen LogP contribution in [0.3, 0.4) is 0 Å². The molecule has 0 aliphatic carbocycles. The minimum atomic E-state index is -4.96. The highest BCUT2D eigenvalue weighted by Crippen LogP contribution is 2.26. The Labute approximate surface area is 240 Å². The van der Waals surface area contributed by atoms with Crippen molar-refractivity contribution in [2.45, 2.75) is 38.4 Å². The highest BCUT2D eigenvalue weighted by molar-refractivity contribution is 6.05. The van der Waals surface area contributed by atoms with E-state index in [2.05, 4.69) is 4.98 Å². The Balaban J connectivity index is 1.38. The van der Waals surface area contributed by atoms with Crippen LogP contribution in [-0.4, -0.2) is 40.7 Å². The zero-order valence-corrected chi connectivity index (χ0v) is 22.7. The summed E-state index contributed by atoms with van der Waals surface area (Å²) < 4.78 is 52.8. The lowest BCUT2D eigenvalue weighted by Gasteiger charge is -2.20. The van der Waals surface area contributed by atoms with Crippen LogP contribution in [0.1, 0.15) is 34.3 Å². The van der Waals surface area contributed by atoms with Crippen molar-refractivity contribution in [1.82, 2.24) is 10.3 Å². The first kappa shape index (κ1) is 30.1. The molecule has 0 aliphatic rings. The summed E-state index contributed by atoms with van der Waals surface area (Å²) in [4.78, 5) is 28.8. The third-order valence-electron chi connectivity index (χ3n) is 6.36. The van der Waals surface area contributed by atoms with Crippen molar-refractivity contribution in [3.63, 3.8) is 0 Å². The number of rotatable bonds is 13. The molecular weight excluding hydrogens is 549 g/mol. The molecule has 0 bridgehead atoms. The number of allylic oxidation sites excluding steroid dienone is 2. The van der Waals surface area contributed by atoms with E-state index in [0.29, 0.717) is 42.7 Å². The first-order valence-electron chi connectivity index (χ1n) is 13.3. The van der Waals surface area contributed by atoms with Gasteiger partial charge in [0, 0.05) is 36.5 Å². The van der Waals surface area contributed by atoms with Gasteiger partial charge in [-0.25, -0.2) is 9.78 Å². The topological polar surface area (TPSA) is 102 Å². The molecule has 42 heavy (non-hydrogen) atoms. The number of ketones is 1. The maximum Gasteiger partial charge on any atom is 0.431 e. The number of carboxylic acid groups (broad SMARTS) is 1. The molecule has 0 saturated carbocycles. The summed E-state index contributed by atoms with van der Waals surface area (Å²) in [7, 11) is 0. The lowest BCUT2D eigenvalue weighted by molar-refractivity contribution is -0.140. The molecule has 1 atom stereocenters. The second-order valence-corrected chi connectivity index (χ2v) is 9.38. The minimum Gasteiger partial charge on any atom is -0.493 e. The van der Waals surface area contributed by atoms with E-state index in [9.17, 15) is 27.9 Å². The largest absolute Gasteiger partial charge is 0.493 e.